The second-order valence-electron chi connectivity index (χ2n) is 4.68. The van der Waals surface area contributed by atoms with Crippen LogP contribution in [0.4, 0.5) is 0 Å². The molecule has 1 fully saturated rings. The number of halogens is 1. The van der Waals surface area contributed by atoms with Gasteiger partial charge in [0.2, 0.25) is 0 Å². The fourth-order valence-electron chi connectivity index (χ4n) is 2.98. The Balaban J connectivity index is 2.05. The third kappa shape index (κ3) is 1.68. The highest BCUT2D eigenvalue weighted by molar-refractivity contribution is 6.30. The van der Waals surface area contributed by atoms with Crippen LogP contribution >= 0.6 is 11.6 Å². The summed E-state index contributed by atoms with van der Waals surface area (Å²) in [6.07, 6.45) is 5.07. The van der Waals surface area contributed by atoms with Crippen molar-refractivity contribution < 1.29 is 0 Å². The van der Waals surface area contributed by atoms with E-state index in [9.17, 15) is 0 Å². The van der Waals surface area contributed by atoms with Crippen molar-refractivity contribution in [1.29, 1.82) is 0 Å². The van der Waals surface area contributed by atoms with E-state index in [2.05, 4.69) is 17.4 Å². The molecule has 2 aliphatic rings. The molecule has 1 aliphatic carbocycles. The summed E-state index contributed by atoms with van der Waals surface area (Å²) in [6.45, 7) is 2.29. The zero-order chi connectivity index (χ0) is 10.3. The number of aryl methyl sites for hydroxylation is 1. The molecule has 1 aromatic rings. The predicted octanol–water partition coefficient (Wildman–Crippen LogP) is 2.91. The summed E-state index contributed by atoms with van der Waals surface area (Å²) in [5, 5.41) is 4.37. The minimum absolute atomic E-state index is 0.704. The molecule has 1 N–H and O–H groups in total. The van der Waals surface area contributed by atoms with Crippen LogP contribution in [0, 0.1) is 0 Å². The molecule has 0 bridgehead atoms. The Morgan fingerprint density at radius 2 is 2.20 bits per heavy atom. The zero-order valence-electron chi connectivity index (χ0n) is 8.85. The highest BCUT2D eigenvalue weighted by Gasteiger charge is 2.23. The van der Waals surface area contributed by atoms with Crippen molar-refractivity contribution in [3.8, 4) is 0 Å². The number of hydrogen-bond donors (Lipinski definition) is 1. The lowest BCUT2D eigenvalue weighted by Crippen LogP contribution is -2.09. The summed E-state index contributed by atoms with van der Waals surface area (Å²) in [5.74, 6) is 0.704. The van der Waals surface area contributed by atoms with E-state index < -0.39 is 0 Å². The standard InChI is InChI=1S/C13H16ClN/c14-11-6-9-2-1-3-12(9)13(7-11)10-4-5-15-8-10/h6-7,10,15H,1-5,8H2. The maximum absolute atomic E-state index is 6.19. The lowest BCUT2D eigenvalue weighted by molar-refractivity contribution is 0.751. The van der Waals surface area contributed by atoms with E-state index >= 15 is 0 Å². The van der Waals surface area contributed by atoms with Gasteiger partial charge >= 0.3 is 0 Å². The third-order valence-corrected chi connectivity index (χ3v) is 3.93. The van der Waals surface area contributed by atoms with Crippen LogP contribution in [-0.4, -0.2) is 13.1 Å². The molecular formula is C13H16ClN. The second kappa shape index (κ2) is 3.80. The predicted molar refractivity (Wildman–Crippen MR) is 63.7 cm³/mol. The fraction of sp³-hybridized carbons (Fsp3) is 0.538. The first-order valence-corrected chi connectivity index (χ1v) is 6.24. The number of hydrogen-bond acceptors (Lipinski definition) is 1. The number of rotatable bonds is 1. The quantitative estimate of drug-likeness (QED) is 0.769. The Labute approximate surface area is 95.8 Å². The van der Waals surface area contributed by atoms with E-state index in [1.54, 1.807) is 5.56 Å². The molecule has 0 amide bonds. The molecule has 0 aromatic heterocycles. The molecule has 80 valence electrons. The highest BCUT2D eigenvalue weighted by Crippen LogP contribution is 2.35. The van der Waals surface area contributed by atoms with Crippen molar-refractivity contribution in [1.82, 2.24) is 5.32 Å². The molecule has 0 radical (unpaired) electrons. The Bertz CT molecular complexity index is 380. The first kappa shape index (κ1) is 9.68. The van der Waals surface area contributed by atoms with Crippen molar-refractivity contribution in [3.05, 3.63) is 33.8 Å². The van der Waals surface area contributed by atoms with Crippen LogP contribution in [0.3, 0.4) is 0 Å². The van der Waals surface area contributed by atoms with Gasteiger partial charge in [-0.1, -0.05) is 11.6 Å². The largest absolute Gasteiger partial charge is 0.316 e. The molecule has 1 heterocycles. The Morgan fingerprint density at radius 1 is 1.27 bits per heavy atom. The van der Waals surface area contributed by atoms with Crippen molar-refractivity contribution in [2.24, 2.45) is 0 Å². The Kier molecular flexibility index (Phi) is 2.45. The molecule has 15 heavy (non-hydrogen) atoms. The topological polar surface area (TPSA) is 12.0 Å². The van der Waals surface area contributed by atoms with E-state index in [4.69, 9.17) is 11.6 Å². The van der Waals surface area contributed by atoms with Crippen molar-refractivity contribution in [2.75, 3.05) is 13.1 Å². The second-order valence-corrected chi connectivity index (χ2v) is 5.11. The zero-order valence-corrected chi connectivity index (χ0v) is 9.61. The van der Waals surface area contributed by atoms with Crippen LogP contribution in [0.25, 0.3) is 0 Å². The molecular weight excluding hydrogens is 206 g/mol. The van der Waals surface area contributed by atoms with Gasteiger partial charge in [-0.3, -0.25) is 0 Å². The van der Waals surface area contributed by atoms with E-state index in [0.29, 0.717) is 5.92 Å². The number of benzene rings is 1. The molecule has 0 saturated carbocycles. The van der Waals surface area contributed by atoms with Crippen LogP contribution in [0.5, 0.6) is 0 Å². The fourth-order valence-corrected chi connectivity index (χ4v) is 3.23. The minimum atomic E-state index is 0.704. The summed E-state index contributed by atoms with van der Waals surface area (Å²) in [5.41, 5.74) is 4.64. The van der Waals surface area contributed by atoms with Gasteiger partial charge in [-0.2, -0.15) is 0 Å². The molecule has 1 unspecified atom stereocenters. The van der Waals surface area contributed by atoms with Crippen LogP contribution < -0.4 is 5.32 Å². The van der Waals surface area contributed by atoms with Gasteiger partial charge < -0.3 is 5.32 Å². The first-order valence-electron chi connectivity index (χ1n) is 5.86. The van der Waals surface area contributed by atoms with Crippen LogP contribution in [-0.2, 0) is 12.8 Å². The molecule has 1 atom stereocenters. The van der Waals surface area contributed by atoms with Crippen LogP contribution in [0.1, 0.15) is 35.4 Å². The van der Waals surface area contributed by atoms with Gasteiger partial charge in [0, 0.05) is 11.6 Å². The lowest BCUT2D eigenvalue weighted by atomic mass is 9.91. The number of nitrogens with one attached hydrogen (secondary N) is 1. The third-order valence-electron chi connectivity index (χ3n) is 3.71. The van der Waals surface area contributed by atoms with Gasteiger partial charge in [-0.25, -0.2) is 0 Å². The average Bonchev–Trinajstić information content (AvgIpc) is 2.86. The smallest absolute Gasteiger partial charge is 0.0411 e. The van der Waals surface area contributed by atoms with Gasteiger partial charge in [0.05, 0.1) is 0 Å². The molecule has 0 spiro atoms. The molecule has 1 aromatic carbocycles. The van der Waals surface area contributed by atoms with Gasteiger partial charge in [0.25, 0.3) is 0 Å². The molecule has 2 heteroatoms. The molecule has 1 nitrogen and oxygen atoms in total. The van der Waals surface area contributed by atoms with E-state index in [1.807, 2.05) is 0 Å². The summed E-state index contributed by atoms with van der Waals surface area (Å²) >= 11 is 6.19. The van der Waals surface area contributed by atoms with Gasteiger partial charge in [-0.15, -0.1) is 0 Å². The number of fused-ring (bicyclic) bond motifs is 1. The van der Waals surface area contributed by atoms with Gasteiger partial charge in [0.15, 0.2) is 0 Å². The monoisotopic (exact) mass is 221 g/mol. The molecule has 1 saturated heterocycles. The van der Waals surface area contributed by atoms with E-state index in [1.165, 1.54) is 36.8 Å². The normalized spacial score (nSPS) is 24.5. The molecule has 1 aliphatic heterocycles. The summed E-state index contributed by atoms with van der Waals surface area (Å²) < 4.78 is 0. The highest BCUT2D eigenvalue weighted by atomic mass is 35.5. The van der Waals surface area contributed by atoms with Crippen LogP contribution in [0.15, 0.2) is 12.1 Å². The Hall–Kier alpha value is -0.530. The maximum atomic E-state index is 6.19. The van der Waals surface area contributed by atoms with Crippen LogP contribution in [0.2, 0.25) is 5.02 Å². The lowest BCUT2D eigenvalue weighted by Gasteiger charge is -2.15. The van der Waals surface area contributed by atoms with Crippen molar-refractivity contribution in [3.63, 3.8) is 0 Å². The van der Waals surface area contributed by atoms with Gasteiger partial charge in [0.1, 0.15) is 0 Å². The maximum Gasteiger partial charge on any atom is 0.0411 e. The molecule has 3 rings (SSSR count). The van der Waals surface area contributed by atoms with Crippen molar-refractivity contribution >= 4 is 11.6 Å². The minimum Gasteiger partial charge on any atom is -0.316 e. The average molecular weight is 222 g/mol. The summed E-state index contributed by atoms with van der Waals surface area (Å²) in [7, 11) is 0. The summed E-state index contributed by atoms with van der Waals surface area (Å²) in [6, 6.07) is 4.36. The SMILES string of the molecule is Clc1cc2c(c(C3CCNC3)c1)CCC2. The van der Waals surface area contributed by atoms with E-state index in [-0.39, 0.29) is 0 Å². The van der Waals surface area contributed by atoms with Gasteiger partial charge in [-0.05, 0) is 67.0 Å². The van der Waals surface area contributed by atoms with Crippen molar-refractivity contribution in [2.45, 2.75) is 31.6 Å². The first-order chi connectivity index (χ1) is 7.34. The Morgan fingerprint density at radius 3 is 3.00 bits per heavy atom. The van der Waals surface area contributed by atoms with E-state index in [0.717, 1.165) is 18.1 Å². The summed E-state index contributed by atoms with van der Waals surface area (Å²) in [4.78, 5) is 0.